The molecule has 0 unspecified atom stereocenters. The molecule has 0 amide bonds. The van der Waals surface area contributed by atoms with Crippen molar-refractivity contribution in [2.75, 3.05) is 19.6 Å². The van der Waals surface area contributed by atoms with Gasteiger partial charge in [0.2, 0.25) is 5.89 Å². The van der Waals surface area contributed by atoms with Crippen LogP contribution < -0.4 is 5.32 Å². The van der Waals surface area contributed by atoms with Crippen LogP contribution in [0.25, 0.3) is 11.5 Å². The fourth-order valence-corrected chi connectivity index (χ4v) is 2.52. The van der Waals surface area contributed by atoms with E-state index in [2.05, 4.69) is 22.1 Å². The molecule has 0 atom stereocenters. The van der Waals surface area contributed by atoms with Crippen LogP contribution in [0.5, 0.6) is 0 Å². The zero-order chi connectivity index (χ0) is 14.7. The van der Waals surface area contributed by atoms with Crippen LogP contribution in [0, 0.1) is 5.82 Å². The van der Waals surface area contributed by atoms with Crippen molar-refractivity contribution in [1.82, 2.24) is 15.2 Å². The lowest BCUT2D eigenvalue weighted by Crippen LogP contribution is -2.57. The summed E-state index contributed by atoms with van der Waals surface area (Å²) in [5.74, 6) is 0.297. The number of benzene rings is 1. The Morgan fingerprint density at radius 3 is 2.71 bits per heavy atom. The smallest absolute Gasteiger partial charge is 0.226 e. The molecule has 4 nitrogen and oxygen atoms in total. The van der Waals surface area contributed by atoms with E-state index in [-0.39, 0.29) is 5.82 Å². The average molecular weight is 289 g/mol. The Hall–Kier alpha value is -1.72. The Morgan fingerprint density at radius 2 is 2.10 bits per heavy atom. The van der Waals surface area contributed by atoms with Gasteiger partial charge < -0.3 is 9.73 Å². The topological polar surface area (TPSA) is 41.3 Å². The van der Waals surface area contributed by atoms with Crippen LogP contribution in [0.1, 0.15) is 19.0 Å². The minimum Gasteiger partial charge on any atom is -0.444 e. The summed E-state index contributed by atoms with van der Waals surface area (Å²) in [7, 11) is 0. The molecule has 1 aliphatic rings. The van der Waals surface area contributed by atoms with Crippen LogP contribution >= 0.6 is 0 Å². The summed E-state index contributed by atoms with van der Waals surface area (Å²) in [5.41, 5.74) is 1.73. The molecule has 0 aliphatic carbocycles. The summed E-state index contributed by atoms with van der Waals surface area (Å²) in [6.07, 6.45) is 2.83. The second-order valence-corrected chi connectivity index (χ2v) is 5.43. The molecule has 1 aromatic carbocycles. The predicted octanol–water partition coefficient (Wildman–Crippen LogP) is 2.66. The van der Waals surface area contributed by atoms with E-state index < -0.39 is 0 Å². The first-order valence-corrected chi connectivity index (χ1v) is 7.41. The lowest BCUT2D eigenvalue weighted by Gasteiger charge is -2.37. The van der Waals surface area contributed by atoms with Crippen molar-refractivity contribution in [1.29, 1.82) is 0 Å². The van der Waals surface area contributed by atoms with Gasteiger partial charge in [0, 0.05) is 31.2 Å². The largest absolute Gasteiger partial charge is 0.444 e. The summed E-state index contributed by atoms with van der Waals surface area (Å²) in [5, 5.41) is 3.30. The Balaban J connectivity index is 1.70. The van der Waals surface area contributed by atoms with Crippen molar-refractivity contribution >= 4 is 0 Å². The third kappa shape index (κ3) is 3.31. The molecule has 1 aliphatic heterocycles. The fraction of sp³-hybridized carbons (Fsp3) is 0.438. The summed E-state index contributed by atoms with van der Waals surface area (Å²) < 4.78 is 18.5. The lowest BCUT2D eigenvalue weighted by molar-refractivity contribution is 0.136. The van der Waals surface area contributed by atoms with Gasteiger partial charge in [0.05, 0.1) is 5.69 Å². The molecule has 5 heteroatoms. The third-order valence-corrected chi connectivity index (χ3v) is 3.80. The van der Waals surface area contributed by atoms with Gasteiger partial charge in [-0.05, 0) is 37.2 Å². The van der Waals surface area contributed by atoms with Gasteiger partial charge in [-0.15, -0.1) is 0 Å². The molecule has 2 heterocycles. The van der Waals surface area contributed by atoms with E-state index >= 15 is 0 Å². The molecule has 1 saturated heterocycles. The van der Waals surface area contributed by atoms with E-state index in [0.717, 1.165) is 43.9 Å². The van der Waals surface area contributed by atoms with Crippen LogP contribution in [0.3, 0.4) is 0 Å². The van der Waals surface area contributed by atoms with Crippen LogP contribution in [-0.2, 0) is 6.54 Å². The Morgan fingerprint density at radius 1 is 1.33 bits per heavy atom. The fourth-order valence-electron chi connectivity index (χ4n) is 2.52. The highest BCUT2D eigenvalue weighted by molar-refractivity contribution is 5.52. The van der Waals surface area contributed by atoms with E-state index in [9.17, 15) is 4.39 Å². The van der Waals surface area contributed by atoms with Crippen molar-refractivity contribution in [2.45, 2.75) is 25.9 Å². The van der Waals surface area contributed by atoms with E-state index in [0.29, 0.717) is 11.9 Å². The first kappa shape index (κ1) is 14.2. The van der Waals surface area contributed by atoms with Crippen LogP contribution in [0.4, 0.5) is 4.39 Å². The quantitative estimate of drug-likeness (QED) is 0.887. The highest BCUT2D eigenvalue weighted by Crippen LogP contribution is 2.20. The van der Waals surface area contributed by atoms with E-state index in [4.69, 9.17) is 4.42 Å². The maximum atomic E-state index is 12.9. The van der Waals surface area contributed by atoms with Gasteiger partial charge in [-0.3, -0.25) is 4.90 Å². The minimum absolute atomic E-state index is 0.253. The molecule has 1 fully saturated rings. The monoisotopic (exact) mass is 289 g/mol. The first-order valence-electron chi connectivity index (χ1n) is 7.41. The number of hydrogen-bond donors (Lipinski definition) is 1. The van der Waals surface area contributed by atoms with Crippen molar-refractivity contribution in [3.63, 3.8) is 0 Å². The van der Waals surface area contributed by atoms with E-state index in [1.807, 2.05) is 0 Å². The van der Waals surface area contributed by atoms with Gasteiger partial charge in [0.1, 0.15) is 12.1 Å². The number of halogens is 1. The molecule has 1 aromatic heterocycles. The van der Waals surface area contributed by atoms with E-state index in [1.165, 1.54) is 12.1 Å². The Kier molecular flexibility index (Phi) is 4.31. The van der Waals surface area contributed by atoms with Crippen molar-refractivity contribution in [3.05, 3.63) is 42.0 Å². The minimum atomic E-state index is -0.253. The maximum Gasteiger partial charge on any atom is 0.226 e. The number of oxazole rings is 1. The number of aromatic nitrogens is 1. The standard InChI is InChI=1S/C16H20FN3O/c1-2-7-20(15-8-18-9-15)10-14-11-21-16(19-14)12-3-5-13(17)6-4-12/h3-6,11,15,18H,2,7-10H2,1H3. The zero-order valence-electron chi connectivity index (χ0n) is 12.2. The molecule has 1 N–H and O–H groups in total. The maximum absolute atomic E-state index is 12.9. The van der Waals surface area contributed by atoms with Gasteiger partial charge >= 0.3 is 0 Å². The molecule has 3 rings (SSSR count). The van der Waals surface area contributed by atoms with Crippen molar-refractivity contribution < 1.29 is 8.81 Å². The van der Waals surface area contributed by atoms with E-state index in [1.54, 1.807) is 18.4 Å². The highest BCUT2D eigenvalue weighted by Gasteiger charge is 2.24. The Labute approximate surface area is 124 Å². The predicted molar refractivity (Wildman–Crippen MR) is 79.3 cm³/mol. The van der Waals surface area contributed by atoms with Crippen LogP contribution in [0.15, 0.2) is 34.9 Å². The normalized spacial score (nSPS) is 15.4. The molecule has 21 heavy (non-hydrogen) atoms. The van der Waals surface area contributed by atoms with Gasteiger partial charge in [-0.25, -0.2) is 9.37 Å². The molecule has 112 valence electrons. The van der Waals surface area contributed by atoms with Gasteiger partial charge in [0.15, 0.2) is 0 Å². The summed E-state index contributed by atoms with van der Waals surface area (Å²) in [6, 6.07) is 6.80. The third-order valence-electron chi connectivity index (χ3n) is 3.80. The number of hydrogen-bond acceptors (Lipinski definition) is 4. The first-order chi connectivity index (χ1) is 10.3. The molecule has 0 bridgehead atoms. The van der Waals surface area contributed by atoms with Gasteiger partial charge in [-0.1, -0.05) is 6.92 Å². The molecular formula is C16H20FN3O. The lowest BCUT2D eigenvalue weighted by atomic mass is 10.1. The molecule has 0 saturated carbocycles. The molecule has 0 radical (unpaired) electrons. The zero-order valence-corrected chi connectivity index (χ0v) is 12.2. The van der Waals surface area contributed by atoms with Gasteiger partial charge in [-0.2, -0.15) is 0 Å². The second-order valence-electron chi connectivity index (χ2n) is 5.43. The van der Waals surface area contributed by atoms with Crippen molar-refractivity contribution in [3.8, 4) is 11.5 Å². The van der Waals surface area contributed by atoms with Crippen LogP contribution in [-0.4, -0.2) is 35.6 Å². The van der Waals surface area contributed by atoms with Crippen LogP contribution in [0.2, 0.25) is 0 Å². The molecule has 2 aromatic rings. The number of rotatable bonds is 6. The SMILES string of the molecule is CCCN(Cc1coc(-c2ccc(F)cc2)n1)C1CNC1. The molecular weight excluding hydrogens is 269 g/mol. The second kappa shape index (κ2) is 6.37. The van der Waals surface area contributed by atoms with Gasteiger partial charge in [0.25, 0.3) is 0 Å². The molecule has 0 spiro atoms. The average Bonchev–Trinajstić information content (AvgIpc) is 2.86. The Bertz CT molecular complexity index is 577. The highest BCUT2D eigenvalue weighted by atomic mass is 19.1. The number of nitrogens with zero attached hydrogens (tertiary/aromatic N) is 2. The summed E-state index contributed by atoms with van der Waals surface area (Å²) >= 11 is 0. The summed E-state index contributed by atoms with van der Waals surface area (Å²) in [4.78, 5) is 6.96. The summed E-state index contributed by atoms with van der Waals surface area (Å²) in [6.45, 7) is 6.13. The van der Waals surface area contributed by atoms with Crippen molar-refractivity contribution in [2.24, 2.45) is 0 Å². The number of nitrogens with one attached hydrogen (secondary N) is 1.